The lowest BCUT2D eigenvalue weighted by Crippen LogP contribution is -2.48. The van der Waals surface area contributed by atoms with Gasteiger partial charge in [-0.05, 0) is 47.9 Å². The van der Waals surface area contributed by atoms with E-state index in [1.54, 1.807) is 11.8 Å². The van der Waals surface area contributed by atoms with Gasteiger partial charge < -0.3 is 14.1 Å². The molecule has 2 aromatic heterocycles. The highest BCUT2D eigenvalue weighted by molar-refractivity contribution is 7.71. The SMILES string of the molecule is COc1ccc(-c2nn(CN3CCN(C(=O)c4cccs4)CC3)c(=S)o2)cc1. The van der Waals surface area contributed by atoms with Crippen LogP contribution in [-0.4, -0.2) is 58.8 Å². The van der Waals surface area contributed by atoms with Crippen LogP contribution in [0.1, 0.15) is 9.67 Å². The molecule has 1 aromatic carbocycles. The van der Waals surface area contributed by atoms with E-state index in [0.29, 0.717) is 30.5 Å². The Morgan fingerprint density at radius 2 is 1.96 bits per heavy atom. The van der Waals surface area contributed by atoms with Crippen molar-refractivity contribution in [2.75, 3.05) is 33.3 Å². The van der Waals surface area contributed by atoms with Crippen molar-refractivity contribution < 1.29 is 13.9 Å². The van der Waals surface area contributed by atoms with Gasteiger partial charge in [0.2, 0.25) is 5.89 Å². The smallest absolute Gasteiger partial charge is 0.288 e. The predicted molar refractivity (Wildman–Crippen MR) is 109 cm³/mol. The van der Waals surface area contributed by atoms with Gasteiger partial charge in [-0.1, -0.05) is 6.07 Å². The second-order valence-corrected chi connectivity index (χ2v) is 7.73. The zero-order valence-electron chi connectivity index (χ0n) is 15.4. The summed E-state index contributed by atoms with van der Waals surface area (Å²) in [5, 5.41) is 6.44. The third kappa shape index (κ3) is 4.01. The number of benzene rings is 1. The zero-order valence-corrected chi connectivity index (χ0v) is 17.0. The molecule has 9 heteroatoms. The molecule has 0 unspecified atom stereocenters. The highest BCUT2D eigenvalue weighted by atomic mass is 32.1. The minimum atomic E-state index is 0.106. The average molecular weight is 417 g/mol. The quantitative estimate of drug-likeness (QED) is 0.595. The molecule has 1 aliphatic rings. The Bertz CT molecular complexity index is 987. The summed E-state index contributed by atoms with van der Waals surface area (Å²) >= 11 is 6.81. The summed E-state index contributed by atoms with van der Waals surface area (Å²) in [4.78, 5) is 17.7. The van der Waals surface area contributed by atoms with Gasteiger partial charge in [0.1, 0.15) is 5.75 Å². The minimum absolute atomic E-state index is 0.106. The normalized spacial score (nSPS) is 15.0. The number of amides is 1. The summed E-state index contributed by atoms with van der Waals surface area (Å²) in [6.07, 6.45) is 0. The van der Waals surface area contributed by atoms with Crippen molar-refractivity contribution >= 4 is 29.5 Å². The van der Waals surface area contributed by atoms with Crippen LogP contribution in [0.5, 0.6) is 5.75 Å². The lowest BCUT2D eigenvalue weighted by Gasteiger charge is -2.34. The number of nitrogens with zero attached hydrogens (tertiary/aromatic N) is 4. The molecule has 4 rings (SSSR count). The first-order chi connectivity index (χ1) is 13.6. The number of piperazine rings is 1. The fraction of sp³-hybridized carbons (Fsp3) is 0.316. The molecular formula is C19H20N4O3S2. The first-order valence-corrected chi connectivity index (χ1v) is 10.2. The molecule has 3 heterocycles. The van der Waals surface area contributed by atoms with Gasteiger partial charge in [-0.25, -0.2) is 4.68 Å². The van der Waals surface area contributed by atoms with Crippen LogP contribution in [0.15, 0.2) is 46.2 Å². The van der Waals surface area contributed by atoms with E-state index in [1.807, 2.05) is 46.7 Å². The Balaban J connectivity index is 1.38. The van der Waals surface area contributed by atoms with E-state index < -0.39 is 0 Å². The van der Waals surface area contributed by atoms with Crippen LogP contribution < -0.4 is 4.74 Å². The fourth-order valence-electron chi connectivity index (χ4n) is 3.08. The molecule has 0 bridgehead atoms. The Kier molecular flexibility index (Phi) is 5.56. The maximum atomic E-state index is 12.4. The summed E-state index contributed by atoms with van der Waals surface area (Å²) in [5.41, 5.74) is 0.844. The van der Waals surface area contributed by atoms with Crippen LogP contribution in [0.4, 0.5) is 0 Å². The average Bonchev–Trinajstić information content (AvgIpc) is 3.39. The van der Waals surface area contributed by atoms with Gasteiger partial charge in [-0.3, -0.25) is 9.69 Å². The van der Waals surface area contributed by atoms with Crippen molar-refractivity contribution in [1.29, 1.82) is 0 Å². The van der Waals surface area contributed by atoms with Crippen LogP contribution in [0.2, 0.25) is 0 Å². The number of carbonyl (C=O) groups is 1. The third-order valence-corrected chi connectivity index (χ3v) is 5.82. The Morgan fingerprint density at radius 3 is 2.61 bits per heavy atom. The van der Waals surface area contributed by atoms with E-state index in [1.165, 1.54) is 11.3 Å². The lowest BCUT2D eigenvalue weighted by atomic mass is 10.2. The van der Waals surface area contributed by atoms with Crippen molar-refractivity contribution in [3.8, 4) is 17.2 Å². The number of thiophene rings is 1. The standard InChI is InChI=1S/C19H20N4O3S2/c1-25-15-6-4-14(5-7-15)17-20-23(19(27)26-17)13-21-8-10-22(11-9-21)18(24)16-3-2-12-28-16/h2-7,12H,8-11,13H2,1H3. The van der Waals surface area contributed by atoms with Crippen molar-refractivity contribution in [2.45, 2.75) is 6.67 Å². The van der Waals surface area contributed by atoms with E-state index in [2.05, 4.69) is 10.00 Å². The number of hydrogen-bond acceptors (Lipinski definition) is 7. The maximum absolute atomic E-state index is 12.4. The van der Waals surface area contributed by atoms with Gasteiger partial charge in [0.05, 0.1) is 18.7 Å². The van der Waals surface area contributed by atoms with Crippen LogP contribution >= 0.6 is 23.6 Å². The predicted octanol–water partition coefficient (Wildman–Crippen LogP) is 3.36. The number of carbonyl (C=O) groups excluding carboxylic acids is 1. The van der Waals surface area contributed by atoms with E-state index in [-0.39, 0.29) is 5.91 Å². The molecule has 0 N–H and O–H groups in total. The number of methoxy groups -OCH3 is 1. The molecule has 0 radical (unpaired) electrons. The van der Waals surface area contributed by atoms with Gasteiger partial charge in [-0.2, -0.15) is 0 Å². The van der Waals surface area contributed by atoms with Crippen LogP contribution in [0.25, 0.3) is 11.5 Å². The topological polar surface area (TPSA) is 63.7 Å². The zero-order chi connectivity index (χ0) is 19.5. The second-order valence-electron chi connectivity index (χ2n) is 6.43. The van der Waals surface area contributed by atoms with Gasteiger partial charge in [0, 0.05) is 31.7 Å². The summed E-state index contributed by atoms with van der Waals surface area (Å²) in [5.74, 6) is 1.37. The Labute approximate surface area is 171 Å². The van der Waals surface area contributed by atoms with Gasteiger partial charge in [-0.15, -0.1) is 16.4 Å². The molecule has 1 fully saturated rings. The number of hydrogen-bond donors (Lipinski definition) is 0. The highest BCUT2D eigenvalue weighted by Crippen LogP contribution is 2.21. The maximum Gasteiger partial charge on any atom is 0.288 e. The molecule has 28 heavy (non-hydrogen) atoms. The molecule has 0 saturated carbocycles. The molecule has 7 nitrogen and oxygen atoms in total. The van der Waals surface area contributed by atoms with Gasteiger partial charge in [0.15, 0.2) is 0 Å². The third-order valence-electron chi connectivity index (χ3n) is 4.67. The minimum Gasteiger partial charge on any atom is -0.497 e. The molecule has 0 aliphatic carbocycles. The van der Waals surface area contributed by atoms with E-state index in [4.69, 9.17) is 21.4 Å². The largest absolute Gasteiger partial charge is 0.497 e. The number of ether oxygens (including phenoxy) is 1. The number of aromatic nitrogens is 2. The van der Waals surface area contributed by atoms with Crippen LogP contribution in [0.3, 0.4) is 0 Å². The van der Waals surface area contributed by atoms with Crippen molar-refractivity contribution in [3.63, 3.8) is 0 Å². The van der Waals surface area contributed by atoms with E-state index in [9.17, 15) is 4.79 Å². The highest BCUT2D eigenvalue weighted by Gasteiger charge is 2.23. The van der Waals surface area contributed by atoms with Crippen LogP contribution in [0, 0.1) is 4.84 Å². The van der Waals surface area contributed by atoms with Gasteiger partial charge >= 0.3 is 0 Å². The number of rotatable bonds is 5. The second kappa shape index (κ2) is 8.26. The first-order valence-electron chi connectivity index (χ1n) is 8.91. The molecule has 3 aromatic rings. The van der Waals surface area contributed by atoms with Crippen molar-refractivity contribution in [3.05, 3.63) is 51.5 Å². The molecule has 1 saturated heterocycles. The molecule has 0 spiro atoms. The van der Waals surface area contributed by atoms with Gasteiger partial charge in [0.25, 0.3) is 10.7 Å². The summed E-state index contributed by atoms with van der Waals surface area (Å²) in [7, 11) is 1.63. The molecule has 0 atom stereocenters. The fourth-order valence-corrected chi connectivity index (χ4v) is 3.95. The van der Waals surface area contributed by atoms with Crippen LogP contribution in [-0.2, 0) is 6.67 Å². The van der Waals surface area contributed by atoms with Crippen molar-refractivity contribution in [1.82, 2.24) is 19.6 Å². The first kappa shape index (κ1) is 18.9. The summed E-state index contributed by atoms with van der Waals surface area (Å²) in [6.45, 7) is 3.45. The van der Waals surface area contributed by atoms with E-state index >= 15 is 0 Å². The van der Waals surface area contributed by atoms with E-state index in [0.717, 1.165) is 29.3 Å². The Morgan fingerprint density at radius 1 is 1.21 bits per heavy atom. The molecular weight excluding hydrogens is 396 g/mol. The van der Waals surface area contributed by atoms with Crippen molar-refractivity contribution in [2.24, 2.45) is 0 Å². The summed E-state index contributed by atoms with van der Waals surface area (Å²) in [6, 6.07) is 11.3. The molecule has 1 amide bonds. The molecule has 1 aliphatic heterocycles. The lowest BCUT2D eigenvalue weighted by molar-refractivity contribution is 0.0588. The molecule has 146 valence electrons. The Hall–Kier alpha value is -2.49. The monoisotopic (exact) mass is 416 g/mol. The summed E-state index contributed by atoms with van der Waals surface area (Å²) < 4.78 is 12.5.